The summed E-state index contributed by atoms with van der Waals surface area (Å²) in [6.45, 7) is 1.06. The topological polar surface area (TPSA) is 80.4 Å². The number of nitrogens with zero attached hydrogens (tertiary/aromatic N) is 2. The number of halogens is 2. The number of hydrogen-bond donors (Lipinski definition) is 2. The zero-order chi connectivity index (χ0) is 17.4. The van der Waals surface area contributed by atoms with Crippen LogP contribution in [0.15, 0.2) is 18.2 Å². The van der Waals surface area contributed by atoms with Gasteiger partial charge in [-0.2, -0.15) is 0 Å². The molecule has 1 fully saturated rings. The van der Waals surface area contributed by atoms with Gasteiger partial charge in [0.05, 0.1) is 10.0 Å². The summed E-state index contributed by atoms with van der Waals surface area (Å²) < 4.78 is 1.78. The summed E-state index contributed by atoms with van der Waals surface area (Å²) >= 11 is 12.3. The van der Waals surface area contributed by atoms with Crippen LogP contribution in [0.4, 0.5) is 4.79 Å². The molecule has 2 aromatic rings. The molecule has 1 saturated heterocycles. The van der Waals surface area contributed by atoms with E-state index in [1.54, 1.807) is 28.6 Å². The monoisotopic (exact) mass is 368 g/mol. The van der Waals surface area contributed by atoms with Crippen LogP contribution in [0.5, 0.6) is 0 Å². The first-order chi connectivity index (χ1) is 11.4. The Bertz CT molecular complexity index is 818. The number of aromatic nitrogens is 1. The average Bonchev–Trinajstić information content (AvgIpc) is 2.89. The molecule has 24 heavy (non-hydrogen) atoms. The van der Waals surface area contributed by atoms with E-state index in [0.717, 1.165) is 23.7 Å². The summed E-state index contributed by atoms with van der Waals surface area (Å²) in [5.74, 6) is -0.211. The number of rotatable bonds is 2. The van der Waals surface area contributed by atoms with Crippen molar-refractivity contribution in [1.29, 1.82) is 0 Å². The summed E-state index contributed by atoms with van der Waals surface area (Å²) in [6, 6.07) is 4.69. The van der Waals surface area contributed by atoms with Crippen LogP contribution >= 0.6 is 23.2 Å². The number of aryl methyl sites for hydroxylation is 1. The van der Waals surface area contributed by atoms with Crippen molar-refractivity contribution in [3.63, 3.8) is 0 Å². The lowest BCUT2D eigenvalue weighted by atomic mass is 10.1. The molecule has 2 heterocycles. The summed E-state index contributed by atoms with van der Waals surface area (Å²) in [7, 11) is 1.80. The molecule has 1 aromatic heterocycles. The van der Waals surface area contributed by atoms with Crippen molar-refractivity contribution in [2.24, 2.45) is 12.8 Å². The first-order valence-electron chi connectivity index (χ1n) is 7.67. The van der Waals surface area contributed by atoms with Crippen LogP contribution in [0.1, 0.15) is 23.3 Å². The van der Waals surface area contributed by atoms with Crippen LogP contribution < -0.4 is 11.1 Å². The van der Waals surface area contributed by atoms with Gasteiger partial charge in [-0.25, -0.2) is 4.79 Å². The fraction of sp³-hybridized carbons (Fsp3) is 0.375. The molecule has 0 bridgehead atoms. The predicted molar refractivity (Wildman–Crippen MR) is 94.6 cm³/mol. The van der Waals surface area contributed by atoms with E-state index < -0.39 is 6.03 Å². The fourth-order valence-electron chi connectivity index (χ4n) is 3.12. The summed E-state index contributed by atoms with van der Waals surface area (Å²) in [6.07, 6.45) is 1.62. The third-order valence-corrected chi connectivity index (χ3v) is 5.23. The van der Waals surface area contributed by atoms with Gasteiger partial charge in [-0.1, -0.05) is 23.2 Å². The molecule has 1 unspecified atom stereocenters. The number of likely N-dealkylation sites (tertiary alicyclic amines) is 1. The number of fused-ring (bicyclic) bond motifs is 1. The summed E-state index contributed by atoms with van der Waals surface area (Å²) in [5.41, 5.74) is 6.64. The Hall–Kier alpha value is -1.92. The van der Waals surface area contributed by atoms with Gasteiger partial charge in [0.15, 0.2) is 0 Å². The van der Waals surface area contributed by atoms with Gasteiger partial charge in [0.2, 0.25) is 0 Å². The number of carbonyl (C=O) groups is 2. The third kappa shape index (κ3) is 3.03. The lowest BCUT2D eigenvalue weighted by Crippen LogP contribution is -2.51. The van der Waals surface area contributed by atoms with Crippen LogP contribution in [0.3, 0.4) is 0 Å². The van der Waals surface area contributed by atoms with Crippen molar-refractivity contribution in [2.75, 3.05) is 13.1 Å². The van der Waals surface area contributed by atoms with Gasteiger partial charge in [-0.05, 0) is 31.0 Å². The van der Waals surface area contributed by atoms with Crippen LogP contribution in [-0.2, 0) is 7.05 Å². The highest BCUT2D eigenvalue weighted by molar-refractivity contribution is 6.45. The van der Waals surface area contributed by atoms with E-state index in [-0.39, 0.29) is 11.9 Å². The third-order valence-electron chi connectivity index (χ3n) is 4.41. The first-order valence-corrected chi connectivity index (χ1v) is 8.42. The van der Waals surface area contributed by atoms with Crippen LogP contribution in [0, 0.1) is 0 Å². The molecule has 1 aliphatic rings. The van der Waals surface area contributed by atoms with E-state index in [4.69, 9.17) is 28.9 Å². The molecule has 1 atom stereocenters. The quantitative estimate of drug-likeness (QED) is 0.854. The largest absolute Gasteiger partial charge is 0.351 e. The Morgan fingerprint density at radius 3 is 2.79 bits per heavy atom. The highest BCUT2D eigenvalue weighted by atomic mass is 35.5. The molecule has 8 heteroatoms. The van der Waals surface area contributed by atoms with Crippen molar-refractivity contribution >= 4 is 46.0 Å². The van der Waals surface area contributed by atoms with E-state index >= 15 is 0 Å². The van der Waals surface area contributed by atoms with Gasteiger partial charge >= 0.3 is 6.03 Å². The number of amides is 3. The first kappa shape index (κ1) is 16.9. The molecule has 3 amide bonds. The normalized spacial score (nSPS) is 18.0. The molecule has 3 N–H and O–H groups in total. The maximum atomic E-state index is 12.6. The number of piperidine rings is 1. The number of nitrogens with two attached hydrogens (primary N) is 1. The summed E-state index contributed by atoms with van der Waals surface area (Å²) in [5, 5.41) is 4.59. The number of nitrogens with one attached hydrogen (secondary N) is 1. The highest BCUT2D eigenvalue weighted by Gasteiger charge is 2.25. The Kier molecular flexibility index (Phi) is 4.60. The molecule has 128 valence electrons. The number of carbonyl (C=O) groups excluding carboxylic acids is 2. The maximum absolute atomic E-state index is 12.6. The molecule has 1 aliphatic heterocycles. The van der Waals surface area contributed by atoms with Gasteiger partial charge < -0.3 is 20.5 Å². The van der Waals surface area contributed by atoms with E-state index in [0.29, 0.717) is 28.8 Å². The molecule has 0 aliphatic carbocycles. The lowest BCUT2D eigenvalue weighted by Gasteiger charge is -2.31. The second-order valence-electron chi connectivity index (χ2n) is 5.98. The van der Waals surface area contributed by atoms with Gasteiger partial charge in [-0.3, -0.25) is 4.79 Å². The van der Waals surface area contributed by atoms with Crippen LogP contribution in [-0.4, -0.2) is 40.5 Å². The number of urea groups is 1. The minimum absolute atomic E-state index is 0.115. The van der Waals surface area contributed by atoms with Gasteiger partial charge in [0.25, 0.3) is 5.91 Å². The number of benzene rings is 1. The highest BCUT2D eigenvalue weighted by Crippen LogP contribution is 2.32. The molecule has 3 rings (SSSR count). The van der Waals surface area contributed by atoms with Crippen molar-refractivity contribution in [2.45, 2.75) is 18.9 Å². The van der Waals surface area contributed by atoms with E-state index in [1.807, 2.05) is 6.07 Å². The number of hydrogen-bond acceptors (Lipinski definition) is 2. The summed E-state index contributed by atoms with van der Waals surface area (Å²) in [4.78, 5) is 25.5. The second kappa shape index (κ2) is 6.53. The molecular weight excluding hydrogens is 351 g/mol. The Morgan fingerprint density at radius 2 is 2.08 bits per heavy atom. The van der Waals surface area contributed by atoms with E-state index in [2.05, 4.69) is 5.32 Å². The molecule has 0 radical (unpaired) electrons. The Morgan fingerprint density at radius 1 is 1.33 bits per heavy atom. The zero-order valence-electron chi connectivity index (χ0n) is 13.2. The van der Waals surface area contributed by atoms with Gasteiger partial charge in [-0.15, -0.1) is 0 Å². The zero-order valence-corrected chi connectivity index (χ0v) is 14.7. The smallest absolute Gasteiger partial charge is 0.314 e. The van der Waals surface area contributed by atoms with Crippen molar-refractivity contribution in [1.82, 2.24) is 14.8 Å². The predicted octanol–water partition coefficient (Wildman–Crippen LogP) is 2.76. The average molecular weight is 369 g/mol. The molecule has 1 aromatic carbocycles. The van der Waals surface area contributed by atoms with E-state index in [9.17, 15) is 9.59 Å². The minimum Gasteiger partial charge on any atom is -0.351 e. The Labute approximate surface area is 149 Å². The Balaban J connectivity index is 1.83. The van der Waals surface area contributed by atoms with Crippen LogP contribution in [0.25, 0.3) is 10.9 Å². The molecule has 0 saturated carbocycles. The van der Waals surface area contributed by atoms with E-state index in [1.165, 1.54) is 0 Å². The van der Waals surface area contributed by atoms with Crippen LogP contribution in [0.2, 0.25) is 10.0 Å². The fourth-order valence-corrected chi connectivity index (χ4v) is 3.50. The van der Waals surface area contributed by atoms with Crippen molar-refractivity contribution < 1.29 is 9.59 Å². The lowest BCUT2D eigenvalue weighted by molar-refractivity contribution is 0.0904. The minimum atomic E-state index is -0.458. The standard InChI is InChI=1S/C16H18Cl2N4O2/c1-21-12-5-4-11(17)14(18)10(12)7-13(21)15(23)20-9-3-2-6-22(8-9)16(19)24/h4-5,7,9H,2-3,6,8H2,1H3,(H2,19,24)(H,20,23). The van der Waals surface area contributed by atoms with Crippen molar-refractivity contribution in [3.8, 4) is 0 Å². The molecule has 0 spiro atoms. The number of primary amides is 1. The molecule has 6 nitrogen and oxygen atoms in total. The maximum Gasteiger partial charge on any atom is 0.314 e. The SMILES string of the molecule is Cn1c(C(=O)NC2CCCN(C(N)=O)C2)cc2c(Cl)c(Cl)ccc21. The van der Waals surface area contributed by atoms with Gasteiger partial charge in [0, 0.05) is 37.1 Å². The van der Waals surface area contributed by atoms with Crippen molar-refractivity contribution in [3.05, 3.63) is 33.9 Å². The van der Waals surface area contributed by atoms with Gasteiger partial charge in [0.1, 0.15) is 5.69 Å². The second-order valence-corrected chi connectivity index (χ2v) is 6.76. The molecular formula is C16H18Cl2N4O2.